The molecule has 0 atom stereocenters. The van der Waals surface area contributed by atoms with E-state index >= 15 is 0 Å². The van der Waals surface area contributed by atoms with Crippen molar-refractivity contribution in [3.8, 4) is 0 Å². The standard InChI is InChI=1S/C11H15NO2/c1-4-14-11(12-13-3)10-7-5-9(2)6-8-10/h5-8H,4H2,1-3H3/b12-11+. The fourth-order valence-electron chi connectivity index (χ4n) is 1.08. The molecule has 0 unspecified atom stereocenters. The van der Waals surface area contributed by atoms with Crippen LogP contribution in [0.15, 0.2) is 29.4 Å². The lowest BCUT2D eigenvalue weighted by Gasteiger charge is -2.06. The van der Waals surface area contributed by atoms with Gasteiger partial charge in [0.25, 0.3) is 5.90 Å². The zero-order valence-corrected chi connectivity index (χ0v) is 8.78. The van der Waals surface area contributed by atoms with Gasteiger partial charge >= 0.3 is 0 Å². The highest BCUT2D eigenvalue weighted by Crippen LogP contribution is 2.06. The molecule has 0 saturated heterocycles. The van der Waals surface area contributed by atoms with Gasteiger partial charge in [-0.25, -0.2) is 0 Å². The number of nitrogens with zero attached hydrogens (tertiary/aromatic N) is 1. The maximum atomic E-state index is 5.33. The minimum absolute atomic E-state index is 0.523. The summed E-state index contributed by atoms with van der Waals surface area (Å²) in [5.74, 6) is 0.523. The van der Waals surface area contributed by atoms with Crippen molar-refractivity contribution in [1.82, 2.24) is 0 Å². The SMILES string of the molecule is CCO/C(=N/OC)c1ccc(C)cc1. The lowest BCUT2D eigenvalue weighted by atomic mass is 10.1. The maximum Gasteiger partial charge on any atom is 0.257 e. The summed E-state index contributed by atoms with van der Waals surface area (Å²) in [7, 11) is 1.51. The zero-order valence-electron chi connectivity index (χ0n) is 8.78. The van der Waals surface area contributed by atoms with Gasteiger partial charge in [-0.15, -0.1) is 0 Å². The van der Waals surface area contributed by atoms with E-state index in [-0.39, 0.29) is 0 Å². The van der Waals surface area contributed by atoms with E-state index in [1.54, 1.807) is 0 Å². The Hall–Kier alpha value is -1.51. The molecule has 76 valence electrons. The van der Waals surface area contributed by atoms with Crippen molar-refractivity contribution in [2.75, 3.05) is 13.7 Å². The molecule has 0 fully saturated rings. The Balaban J connectivity index is 2.88. The molecule has 3 heteroatoms. The van der Waals surface area contributed by atoms with E-state index in [2.05, 4.69) is 5.16 Å². The lowest BCUT2D eigenvalue weighted by molar-refractivity contribution is 0.194. The second-order valence-corrected chi connectivity index (χ2v) is 2.88. The lowest BCUT2D eigenvalue weighted by Crippen LogP contribution is -2.06. The third-order valence-electron chi connectivity index (χ3n) is 1.75. The zero-order chi connectivity index (χ0) is 10.4. The number of hydrogen-bond acceptors (Lipinski definition) is 3. The van der Waals surface area contributed by atoms with Crippen LogP contribution in [0.5, 0.6) is 0 Å². The molecule has 0 spiro atoms. The molecule has 1 aromatic rings. The Morgan fingerprint density at radius 1 is 1.29 bits per heavy atom. The number of benzene rings is 1. The van der Waals surface area contributed by atoms with Crippen LogP contribution >= 0.6 is 0 Å². The van der Waals surface area contributed by atoms with Gasteiger partial charge in [0.2, 0.25) is 0 Å². The van der Waals surface area contributed by atoms with Gasteiger partial charge in [0.15, 0.2) is 0 Å². The molecule has 0 saturated carbocycles. The molecule has 0 bridgehead atoms. The number of oxime groups is 1. The first-order chi connectivity index (χ1) is 6.77. The molecule has 1 aromatic carbocycles. The molecule has 0 aliphatic rings. The van der Waals surface area contributed by atoms with Crippen molar-refractivity contribution in [3.05, 3.63) is 35.4 Å². The van der Waals surface area contributed by atoms with Gasteiger partial charge in [0.05, 0.1) is 6.61 Å². The van der Waals surface area contributed by atoms with Gasteiger partial charge < -0.3 is 9.57 Å². The van der Waals surface area contributed by atoms with Crippen LogP contribution in [0.4, 0.5) is 0 Å². The Bertz CT molecular complexity index is 304. The molecular weight excluding hydrogens is 178 g/mol. The van der Waals surface area contributed by atoms with Crippen LogP contribution in [0, 0.1) is 6.92 Å². The highest BCUT2D eigenvalue weighted by molar-refractivity contribution is 5.93. The van der Waals surface area contributed by atoms with Crippen LogP contribution in [0.1, 0.15) is 18.1 Å². The van der Waals surface area contributed by atoms with E-state index in [1.165, 1.54) is 12.7 Å². The average molecular weight is 193 g/mol. The van der Waals surface area contributed by atoms with Crippen LogP contribution in [0.3, 0.4) is 0 Å². The summed E-state index contributed by atoms with van der Waals surface area (Å²) in [6.45, 7) is 4.53. The molecule has 0 aliphatic heterocycles. The van der Waals surface area contributed by atoms with Crippen molar-refractivity contribution in [3.63, 3.8) is 0 Å². The fraction of sp³-hybridized carbons (Fsp3) is 0.364. The third-order valence-corrected chi connectivity index (χ3v) is 1.75. The maximum absolute atomic E-state index is 5.33. The predicted octanol–water partition coefficient (Wildman–Crippen LogP) is 2.34. The smallest absolute Gasteiger partial charge is 0.257 e. The summed E-state index contributed by atoms with van der Waals surface area (Å²) < 4.78 is 5.33. The van der Waals surface area contributed by atoms with Gasteiger partial charge in [-0.1, -0.05) is 17.7 Å². The van der Waals surface area contributed by atoms with Crippen molar-refractivity contribution in [2.45, 2.75) is 13.8 Å². The van der Waals surface area contributed by atoms with Gasteiger partial charge in [-0.2, -0.15) is 0 Å². The van der Waals surface area contributed by atoms with E-state index in [9.17, 15) is 0 Å². The minimum Gasteiger partial charge on any atom is -0.475 e. The fourth-order valence-corrected chi connectivity index (χ4v) is 1.08. The second kappa shape index (κ2) is 5.27. The quantitative estimate of drug-likeness (QED) is 0.419. The molecule has 0 aromatic heterocycles. The number of aryl methyl sites for hydroxylation is 1. The number of rotatable bonds is 3. The highest BCUT2D eigenvalue weighted by atomic mass is 16.6. The summed E-state index contributed by atoms with van der Waals surface area (Å²) in [6.07, 6.45) is 0. The van der Waals surface area contributed by atoms with Crippen LogP contribution in [0.2, 0.25) is 0 Å². The minimum atomic E-state index is 0.523. The van der Waals surface area contributed by atoms with Crippen molar-refractivity contribution >= 4 is 5.90 Å². The van der Waals surface area contributed by atoms with Crippen molar-refractivity contribution in [2.24, 2.45) is 5.16 Å². The van der Waals surface area contributed by atoms with E-state index in [1.807, 2.05) is 38.1 Å². The summed E-state index contributed by atoms with van der Waals surface area (Å²) >= 11 is 0. The summed E-state index contributed by atoms with van der Waals surface area (Å²) in [4.78, 5) is 4.70. The molecule has 0 N–H and O–H groups in total. The number of hydrogen-bond donors (Lipinski definition) is 0. The third kappa shape index (κ3) is 2.76. The number of ether oxygens (including phenoxy) is 1. The first-order valence-corrected chi connectivity index (χ1v) is 4.59. The predicted molar refractivity (Wildman–Crippen MR) is 56.4 cm³/mol. The summed E-state index contributed by atoms with van der Waals surface area (Å²) in [6, 6.07) is 7.95. The van der Waals surface area contributed by atoms with Crippen LogP contribution in [0.25, 0.3) is 0 Å². The topological polar surface area (TPSA) is 30.8 Å². The molecule has 0 heterocycles. The van der Waals surface area contributed by atoms with E-state index < -0.39 is 0 Å². The molecule has 0 amide bonds. The van der Waals surface area contributed by atoms with E-state index in [0.717, 1.165) is 5.56 Å². The average Bonchev–Trinajstić information content (AvgIpc) is 2.19. The second-order valence-electron chi connectivity index (χ2n) is 2.88. The first kappa shape index (κ1) is 10.6. The first-order valence-electron chi connectivity index (χ1n) is 4.59. The Labute approximate surface area is 84.3 Å². The summed E-state index contributed by atoms with van der Waals surface area (Å²) in [5, 5.41) is 3.81. The summed E-state index contributed by atoms with van der Waals surface area (Å²) in [5.41, 5.74) is 2.14. The normalized spacial score (nSPS) is 11.2. The van der Waals surface area contributed by atoms with Crippen molar-refractivity contribution in [1.29, 1.82) is 0 Å². The van der Waals surface area contributed by atoms with Crippen molar-refractivity contribution < 1.29 is 9.57 Å². The van der Waals surface area contributed by atoms with Gasteiger partial charge in [0.1, 0.15) is 7.11 Å². The van der Waals surface area contributed by atoms with Crippen LogP contribution < -0.4 is 0 Å². The molecule has 3 nitrogen and oxygen atoms in total. The van der Waals surface area contributed by atoms with Gasteiger partial charge in [0, 0.05) is 5.56 Å². The monoisotopic (exact) mass is 193 g/mol. The molecule has 1 rings (SSSR count). The Morgan fingerprint density at radius 2 is 1.93 bits per heavy atom. The largest absolute Gasteiger partial charge is 0.475 e. The van der Waals surface area contributed by atoms with E-state index in [0.29, 0.717) is 12.5 Å². The van der Waals surface area contributed by atoms with E-state index in [4.69, 9.17) is 9.57 Å². The van der Waals surface area contributed by atoms with Gasteiger partial charge in [-0.05, 0) is 31.1 Å². The molecule has 0 radical (unpaired) electrons. The Kier molecular flexibility index (Phi) is 3.98. The van der Waals surface area contributed by atoms with Crippen LogP contribution in [-0.2, 0) is 9.57 Å². The highest BCUT2D eigenvalue weighted by Gasteiger charge is 2.03. The Morgan fingerprint density at radius 3 is 2.43 bits per heavy atom. The molecular formula is C11H15NO2. The van der Waals surface area contributed by atoms with Crippen LogP contribution in [-0.4, -0.2) is 19.6 Å². The molecule has 14 heavy (non-hydrogen) atoms. The van der Waals surface area contributed by atoms with Gasteiger partial charge in [-0.3, -0.25) is 0 Å². The molecule has 0 aliphatic carbocycles.